The van der Waals surface area contributed by atoms with Crippen LogP contribution in [0, 0.1) is 0 Å². The molecule has 1 aliphatic heterocycles. The monoisotopic (exact) mass is 512 g/mol. The van der Waals surface area contributed by atoms with Crippen LogP contribution in [0.5, 0.6) is 0 Å². The van der Waals surface area contributed by atoms with Crippen LogP contribution in [0.15, 0.2) is 72.8 Å². The number of amides is 1. The average Bonchev–Trinajstić information content (AvgIpc) is 3.22. The maximum atomic E-state index is 14.2. The van der Waals surface area contributed by atoms with E-state index in [4.69, 9.17) is 39.6 Å². The molecule has 0 bridgehead atoms. The smallest absolute Gasteiger partial charge is 0.321 e. The molecule has 4 rings (SSSR count). The molecule has 4 nitrogen and oxygen atoms in total. The number of carbonyl (C=O) groups is 1. The standard InChI is InChI=1S/C23H14Cl3F3N2O2/c24-16-9-15(10-17(25)11-16)22(23(27,28)29)12-20(31-33-22)14-6-7-18(26)19(8-14)30-21(32)13-4-2-1-3-5-13/h1-12,31H,(H,30,32). The SMILES string of the molecule is O=C(Nc1cc(C2=CC(c3cc(Cl)cc(Cl)c3)(C(F)(F)F)ON2)ccc1Cl)c1ccccc1. The number of alkyl halides is 3. The minimum Gasteiger partial charge on any atom is -0.321 e. The summed E-state index contributed by atoms with van der Waals surface area (Å²) in [5.41, 5.74) is 0.171. The molecular weight excluding hydrogens is 500 g/mol. The Kier molecular flexibility index (Phi) is 6.33. The minimum atomic E-state index is -4.84. The molecule has 1 heterocycles. The topological polar surface area (TPSA) is 50.4 Å². The van der Waals surface area contributed by atoms with E-state index in [1.54, 1.807) is 30.3 Å². The van der Waals surface area contributed by atoms with Gasteiger partial charge in [-0.3, -0.25) is 15.1 Å². The fourth-order valence-corrected chi connectivity index (χ4v) is 4.02. The molecule has 33 heavy (non-hydrogen) atoms. The van der Waals surface area contributed by atoms with Crippen LogP contribution < -0.4 is 10.8 Å². The van der Waals surface area contributed by atoms with Crippen LogP contribution in [0.4, 0.5) is 18.9 Å². The number of hydrogen-bond donors (Lipinski definition) is 2. The number of rotatable bonds is 4. The normalized spacial score (nSPS) is 17.9. The van der Waals surface area contributed by atoms with Gasteiger partial charge in [-0.05, 0) is 48.5 Å². The summed E-state index contributed by atoms with van der Waals surface area (Å²) in [4.78, 5) is 17.6. The Bertz CT molecular complexity index is 1230. The van der Waals surface area contributed by atoms with Gasteiger partial charge in [0.05, 0.1) is 16.4 Å². The molecule has 0 saturated heterocycles. The van der Waals surface area contributed by atoms with Crippen molar-refractivity contribution in [1.29, 1.82) is 0 Å². The summed E-state index contributed by atoms with van der Waals surface area (Å²) in [6.07, 6.45) is -3.95. The van der Waals surface area contributed by atoms with Gasteiger partial charge >= 0.3 is 6.18 Å². The van der Waals surface area contributed by atoms with Crippen LogP contribution in [0.1, 0.15) is 21.5 Å². The lowest BCUT2D eigenvalue weighted by molar-refractivity contribution is -0.269. The molecule has 0 spiro atoms. The second kappa shape index (κ2) is 8.91. The Morgan fingerprint density at radius 1 is 0.939 bits per heavy atom. The Morgan fingerprint density at radius 2 is 1.61 bits per heavy atom. The Labute approximate surface area is 201 Å². The molecule has 0 saturated carbocycles. The van der Waals surface area contributed by atoms with Crippen molar-refractivity contribution in [2.45, 2.75) is 11.8 Å². The highest BCUT2D eigenvalue weighted by Crippen LogP contribution is 2.48. The van der Waals surface area contributed by atoms with E-state index < -0.39 is 17.7 Å². The molecule has 2 N–H and O–H groups in total. The highest BCUT2D eigenvalue weighted by Gasteiger charge is 2.59. The van der Waals surface area contributed by atoms with Crippen LogP contribution in [-0.4, -0.2) is 12.1 Å². The van der Waals surface area contributed by atoms with Gasteiger partial charge < -0.3 is 5.32 Å². The average molecular weight is 514 g/mol. The van der Waals surface area contributed by atoms with E-state index in [-0.39, 0.29) is 32.0 Å². The fraction of sp³-hybridized carbons (Fsp3) is 0.0870. The Balaban J connectivity index is 1.72. The number of hydrogen-bond acceptors (Lipinski definition) is 3. The van der Waals surface area contributed by atoms with E-state index in [9.17, 15) is 18.0 Å². The van der Waals surface area contributed by atoms with Gasteiger partial charge in [0.1, 0.15) is 0 Å². The van der Waals surface area contributed by atoms with E-state index in [0.717, 1.165) is 18.2 Å². The molecule has 10 heteroatoms. The summed E-state index contributed by atoms with van der Waals surface area (Å²) in [5.74, 6) is -0.419. The Morgan fingerprint density at radius 3 is 2.24 bits per heavy atom. The van der Waals surface area contributed by atoms with E-state index in [0.29, 0.717) is 11.1 Å². The van der Waals surface area contributed by atoms with Crippen molar-refractivity contribution >= 4 is 52.1 Å². The van der Waals surface area contributed by atoms with Crippen LogP contribution in [0.3, 0.4) is 0 Å². The molecule has 0 radical (unpaired) electrons. The van der Waals surface area contributed by atoms with E-state index in [1.807, 2.05) is 0 Å². The second-order valence-corrected chi connectivity index (χ2v) is 8.45. The van der Waals surface area contributed by atoms with Gasteiger partial charge in [0.2, 0.25) is 5.60 Å². The van der Waals surface area contributed by atoms with E-state index in [1.165, 1.54) is 24.3 Å². The first-order valence-corrected chi connectivity index (χ1v) is 10.6. The fourth-order valence-electron chi connectivity index (χ4n) is 3.33. The van der Waals surface area contributed by atoms with Crippen molar-refractivity contribution in [3.05, 3.63) is 105 Å². The zero-order valence-corrected chi connectivity index (χ0v) is 18.8. The van der Waals surface area contributed by atoms with Crippen LogP contribution in [0.2, 0.25) is 15.1 Å². The molecule has 0 aromatic heterocycles. The zero-order chi connectivity index (χ0) is 23.8. The summed E-state index contributed by atoms with van der Waals surface area (Å²) >= 11 is 18.1. The summed E-state index contributed by atoms with van der Waals surface area (Å²) in [7, 11) is 0. The first kappa shape index (κ1) is 23.4. The second-order valence-electron chi connectivity index (χ2n) is 7.17. The van der Waals surface area contributed by atoms with Gasteiger partial charge in [-0.2, -0.15) is 13.2 Å². The predicted octanol–water partition coefficient (Wildman–Crippen LogP) is 7.23. The van der Waals surface area contributed by atoms with Gasteiger partial charge in [-0.25, -0.2) is 0 Å². The molecule has 1 atom stereocenters. The third-order valence-electron chi connectivity index (χ3n) is 4.94. The molecule has 170 valence electrons. The maximum Gasteiger partial charge on any atom is 0.428 e. The first-order valence-electron chi connectivity index (χ1n) is 9.45. The summed E-state index contributed by atoms with van der Waals surface area (Å²) in [6, 6.07) is 16.4. The lowest BCUT2D eigenvalue weighted by Crippen LogP contribution is -2.42. The largest absolute Gasteiger partial charge is 0.428 e. The number of hydroxylamine groups is 1. The third-order valence-corrected chi connectivity index (χ3v) is 5.71. The van der Waals surface area contributed by atoms with Crippen molar-refractivity contribution in [3.8, 4) is 0 Å². The van der Waals surface area contributed by atoms with E-state index in [2.05, 4.69) is 10.8 Å². The lowest BCUT2D eigenvalue weighted by Gasteiger charge is -2.28. The molecule has 3 aromatic carbocycles. The molecule has 0 aliphatic carbocycles. The highest BCUT2D eigenvalue weighted by molar-refractivity contribution is 6.35. The van der Waals surface area contributed by atoms with Crippen molar-refractivity contribution in [1.82, 2.24) is 5.48 Å². The number of halogens is 6. The number of carbonyl (C=O) groups excluding carboxylic acids is 1. The highest BCUT2D eigenvalue weighted by atomic mass is 35.5. The molecule has 1 aliphatic rings. The van der Waals surface area contributed by atoms with Crippen molar-refractivity contribution in [3.63, 3.8) is 0 Å². The number of nitrogens with one attached hydrogen (secondary N) is 2. The Hall–Kier alpha value is -2.71. The van der Waals surface area contributed by atoms with Gasteiger partial charge in [0, 0.05) is 26.7 Å². The predicted molar refractivity (Wildman–Crippen MR) is 122 cm³/mol. The van der Waals surface area contributed by atoms with Gasteiger partial charge in [0.25, 0.3) is 5.91 Å². The third kappa shape index (κ3) is 4.68. The summed E-state index contributed by atoms with van der Waals surface area (Å²) in [5, 5.41) is 2.94. The zero-order valence-electron chi connectivity index (χ0n) is 16.5. The van der Waals surface area contributed by atoms with Crippen LogP contribution in [-0.2, 0) is 10.4 Å². The van der Waals surface area contributed by atoms with E-state index >= 15 is 0 Å². The van der Waals surface area contributed by atoms with Crippen molar-refractivity contribution in [2.24, 2.45) is 0 Å². The molecule has 1 unspecified atom stereocenters. The maximum absolute atomic E-state index is 14.2. The van der Waals surface area contributed by atoms with Gasteiger partial charge in [0.15, 0.2) is 0 Å². The van der Waals surface area contributed by atoms with Crippen molar-refractivity contribution < 1.29 is 22.8 Å². The molecular formula is C23H14Cl3F3N2O2. The quantitative estimate of drug-likeness (QED) is 0.387. The van der Waals surface area contributed by atoms with Crippen molar-refractivity contribution in [2.75, 3.05) is 5.32 Å². The summed E-state index contributed by atoms with van der Waals surface area (Å²) < 4.78 is 42.6. The van der Waals surface area contributed by atoms with Gasteiger partial charge in [-0.1, -0.05) is 59.1 Å². The number of benzene rings is 3. The molecule has 0 fully saturated rings. The number of anilines is 1. The lowest BCUT2D eigenvalue weighted by atomic mass is 9.91. The first-order chi connectivity index (χ1) is 15.6. The van der Waals surface area contributed by atoms with Crippen LogP contribution >= 0.6 is 34.8 Å². The van der Waals surface area contributed by atoms with Crippen LogP contribution in [0.25, 0.3) is 5.70 Å². The molecule has 3 aromatic rings. The minimum absolute atomic E-state index is 0.0234. The summed E-state index contributed by atoms with van der Waals surface area (Å²) in [6.45, 7) is 0. The molecule has 1 amide bonds. The van der Waals surface area contributed by atoms with Gasteiger partial charge in [-0.15, -0.1) is 0 Å².